The molecular formula is C12H16BrNO2. The Morgan fingerprint density at radius 2 is 2.25 bits per heavy atom. The maximum absolute atomic E-state index is 11.3. The van der Waals surface area contributed by atoms with Gasteiger partial charge in [-0.1, -0.05) is 28.1 Å². The molecule has 0 bridgehead atoms. The van der Waals surface area contributed by atoms with Crippen LogP contribution in [0.4, 0.5) is 0 Å². The number of hydrogen-bond donors (Lipinski definition) is 1. The number of carbonyl (C=O) groups is 1. The zero-order chi connectivity index (χ0) is 12.1. The summed E-state index contributed by atoms with van der Waals surface area (Å²) >= 11 is 3.44. The number of rotatable bonds is 4. The van der Waals surface area contributed by atoms with Crippen LogP contribution in [0.25, 0.3) is 0 Å². The van der Waals surface area contributed by atoms with Gasteiger partial charge in [0.1, 0.15) is 0 Å². The number of hydrogen-bond acceptors (Lipinski definition) is 3. The van der Waals surface area contributed by atoms with Gasteiger partial charge >= 0.3 is 5.97 Å². The molecule has 88 valence electrons. The first-order valence-corrected chi connectivity index (χ1v) is 6.01. The highest BCUT2D eigenvalue weighted by Gasteiger charge is 2.12. The summed E-state index contributed by atoms with van der Waals surface area (Å²) < 4.78 is 5.86. The van der Waals surface area contributed by atoms with Gasteiger partial charge in [0.05, 0.1) is 13.0 Å². The number of aryl methyl sites for hydroxylation is 1. The summed E-state index contributed by atoms with van der Waals surface area (Å²) in [6, 6.07) is 5.55. The van der Waals surface area contributed by atoms with Crippen LogP contribution in [0.5, 0.6) is 0 Å². The minimum absolute atomic E-state index is 0.212. The molecule has 0 spiro atoms. The Labute approximate surface area is 104 Å². The van der Waals surface area contributed by atoms with Crippen LogP contribution in [-0.4, -0.2) is 12.6 Å². The molecule has 0 amide bonds. The molecule has 0 heterocycles. The molecule has 1 atom stereocenters. The Balaban J connectivity index is 2.69. The van der Waals surface area contributed by atoms with E-state index in [-0.39, 0.29) is 18.4 Å². The minimum Gasteiger partial charge on any atom is -0.466 e. The SMILES string of the molecule is CCOC(=O)C[C@H](N)c1ccc(C)c(Br)c1. The maximum atomic E-state index is 11.3. The highest BCUT2D eigenvalue weighted by atomic mass is 79.9. The van der Waals surface area contributed by atoms with E-state index in [4.69, 9.17) is 10.5 Å². The van der Waals surface area contributed by atoms with E-state index in [0.717, 1.165) is 15.6 Å². The second-order valence-electron chi connectivity index (χ2n) is 3.62. The molecule has 1 aromatic rings. The van der Waals surface area contributed by atoms with Crippen LogP contribution in [0.15, 0.2) is 22.7 Å². The predicted molar refractivity (Wildman–Crippen MR) is 67.1 cm³/mol. The number of halogens is 1. The molecule has 16 heavy (non-hydrogen) atoms. The standard InChI is InChI=1S/C12H16BrNO2/c1-3-16-12(15)7-11(14)9-5-4-8(2)10(13)6-9/h4-6,11H,3,7,14H2,1-2H3/t11-/m0/s1. The molecule has 0 unspecified atom stereocenters. The summed E-state index contributed by atoms with van der Waals surface area (Å²) in [5.74, 6) is -0.258. The molecule has 0 saturated carbocycles. The van der Waals surface area contributed by atoms with Crippen LogP contribution < -0.4 is 5.73 Å². The van der Waals surface area contributed by atoms with E-state index >= 15 is 0 Å². The highest BCUT2D eigenvalue weighted by Crippen LogP contribution is 2.22. The van der Waals surface area contributed by atoms with E-state index in [2.05, 4.69) is 15.9 Å². The van der Waals surface area contributed by atoms with Gasteiger partial charge in [-0.2, -0.15) is 0 Å². The fraction of sp³-hybridized carbons (Fsp3) is 0.417. The lowest BCUT2D eigenvalue weighted by Gasteiger charge is -2.12. The third-order valence-corrected chi connectivity index (χ3v) is 3.17. The summed E-state index contributed by atoms with van der Waals surface area (Å²) in [5, 5.41) is 0. The lowest BCUT2D eigenvalue weighted by Crippen LogP contribution is -2.17. The van der Waals surface area contributed by atoms with Crippen molar-refractivity contribution in [1.82, 2.24) is 0 Å². The molecule has 0 radical (unpaired) electrons. The molecular weight excluding hydrogens is 270 g/mol. The van der Waals surface area contributed by atoms with E-state index in [9.17, 15) is 4.79 Å². The van der Waals surface area contributed by atoms with Gasteiger partial charge in [-0.05, 0) is 31.0 Å². The molecule has 0 aliphatic carbocycles. The molecule has 0 aliphatic heterocycles. The van der Waals surface area contributed by atoms with Gasteiger partial charge in [0.2, 0.25) is 0 Å². The zero-order valence-electron chi connectivity index (χ0n) is 9.50. The minimum atomic E-state index is -0.309. The van der Waals surface area contributed by atoms with Crippen molar-refractivity contribution in [2.24, 2.45) is 5.73 Å². The monoisotopic (exact) mass is 285 g/mol. The quantitative estimate of drug-likeness (QED) is 0.866. The van der Waals surface area contributed by atoms with Crippen LogP contribution in [0, 0.1) is 6.92 Å². The Hall–Kier alpha value is -0.870. The molecule has 3 nitrogen and oxygen atoms in total. The van der Waals surface area contributed by atoms with Gasteiger partial charge < -0.3 is 10.5 Å². The molecule has 2 N–H and O–H groups in total. The predicted octanol–water partition coefficient (Wildman–Crippen LogP) is 2.71. The third kappa shape index (κ3) is 3.61. The average molecular weight is 286 g/mol. The van der Waals surface area contributed by atoms with Crippen molar-refractivity contribution in [2.45, 2.75) is 26.3 Å². The van der Waals surface area contributed by atoms with E-state index in [1.165, 1.54) is 0 Å². The van der Waals surface area contributed by atoms with Gasteiger partial charge in [0.15, 0.2) is 0 Å². The number of ether oxygens (including phenoxy) is 1. The first-order chi connectivity index (χ1) is 7.54. The largest absolute Gasteiger partial charge is 0.466 e. The van der Waals surface area contributed by atoms with Crippen LogP contribution >= 0.6 is 15.9 Å². The number of esters is 1. The van der Waals surface area contributed by atoms with Crippen LogP contribution in [-0.2, 0) is 9.53 Å². The Bertz CT molecular complexity index is 379. The molecule has 1 aromatic carbocycles. The lowest BCUT2D eigenvalue weighted by molar-refractivity contribution is -0.143. The van der Waals surface area contributed by atoms with E-state index < -0.39 is 0 Å². The summed E-state index contributed by atoms with van der Waals surface area (Å²) in [7, 11) is 0. The smallest absolute Gasteiger partial charge is 0.307 e. The van der Waals surface area contributed by atoms with Crippen molar-refractivity contribution in [3.63, 3.8) is 0 Å². The number of carbonyl (C=O) groups excluding carboxylic acids is 1. The highest BCUT2D eigenvalue weighted by molar-refractivity contribution is 9.10. The first kappa shape index (κ1) is 13.2. The third-order valence-electron chi connectivity index (χ3n) is 2.32. The van der Waals surface area contributed by atoms with E-state index in [0.29, 0.717) is 6.61 Å². The Morgan fingerprint density at radius 3 is 2.81 bits per heavy atom. The molecule has 1 rings (SSSR count). The van der Waals surface area contributed by atoms with E-state index in [1.54, 1.807) is 6.92 Å². The zero-order valence-corrected chi connectivity index (χ0v) is 11.1. The number of nitrogens with two attached hydrogens (primary N) is 1. The summed E-state index contributed by atoms with van der Waals surface area (Å²) in [5.41, 5.74) is 8.00. The van der Waals surface area contributed by atoms with Crippen LogP contribution in [0.2, 0.25) is 0 Å². The number of benzene rings is 1. The van der Waals surface area contributed by atoms with Crippen molar-refractivity contribution in [3.8, 4) is 0 Å². The van der Waals surface area contributed by atoms with Crippen molar-refractivity contribution in [3.05, 3.63) is 33.8 Å². The topological polar surface area (TPSA) is 52.3 Å². The van der Waals surface area contributed by atoms with Gasteiger partial charge in [-0.3, -0.25) is 4.79 Å². The van der Waals surface area contributed by atoms with Gasteiger partial charge in [0, 0.05) is 10.5 Å². The van der Waals surface area contributed by atoms with Crippen molar-refractivity contribution in [2.75, 3.05) is 6.61 Å². The average Bonchev–Trinajstić information content (AvgIpc) is 2.22. The van der Waals surface area contributed by atoms with Crippen molar-refractivity contribution >= 4 is 21.9 Å². The normalized spacial score (nSPS) is 12.2. The van der Waals surface area contributed by atoms with Gasteiger partial charge in [-0.25, -0.2) is 0 Å². The summed E-state index contributed by atoms with van der Waals surface area (Å²) in [6.45, 7) is 4.18. The fourth-order valence-corrected chi connectivity index (χ4v) is 1.75. The lowest BCUT2D eigenvalue weighted by atomic mass is 10.0. The first-order valence-electron chi connectivity index (χ1n) is 5.21. The van der Waals surface area contributed by atoms with E-state index in [1.807, 2.05) is 25.1 Å². The van der Waals surface area contributed by atoms with Crippen LogP contribution in [0.1, 0.15) is 30.5 Å². The molecule has 4 heteroatoms. The molecule has 0 saturated heterocycles. The van der Waals surface area contributed by atoms with Crippen molar-refractivity contribution < 1.29 is 9.53 Å². The molecule has 0 fully saturated rings. The van der Waals surface area contributed by atoms with Gasteiger partial charge in [0.25, 0.3) is 0 Å². The van der Waals surface area contributed by atoms with Gasteiger partial charge in [-0.15, -0.1) is 0 Å². The maximum Gasteiger partial charge on any atom is 0.307 e. The van der Waals surface area contributed by atoms with Crippen LogP contribution in [0.3, 0.4) is 0 Å². The summed E-state index contributed by atoms with van der Waals surface area (Å²) in [4.78, 5) is 11.3. The molecule has 0 aliphatic rings. The second-order valence-corrected chi connectivity index (χ2v) is 4.48. The Kier molecular flexibility index (Phi) is 4.96. The molecule has 0 aromatic heterocycles. The summed E-state index contributed by atoms with van der Waals surface area (Å²) in [6.07, 6.45) is 0.212. The fourth-order valence-electron chi connectivity index (χ4n) is 1.36. The Morgan fingerprint density at radius 1 is 1.56 bits per heavy atom. The van der Waals surface area contributed by atoms with Crippen molar-refractivity contribution in [1.29, 1.82) is 0 Å². The second kappa shape index (κ2) is 6.01.